The van der Waals surface area contributed by atoms with Crippen LogP contribution in [0.25, 0.3) is 11.1 Å². The van der Waals surface area contributed by atoms with Gasteiger partial charge in [0.15, 0.2) is 6.04 Å². The molecule has 0 saturated heterocycles. The van der Waals surface area contributed by atoms with Gasteiger partial charge in [0.1, 0.15) is 6.61 Å². The van der Waals surface area contributed by atoms with Crippen molar-refractivity contribution in [2.24, 2.45) is 0 Å². The monoisotopic (exact) mass is 379 g/mol. The van der Waals surface area contributed by atoms with Crippen molar-refractivity contribution in [1.29, 1.82) is 0 Å². The van der Waals surface area contributed by atoms with Gasteiger partial charge in [-0.3, -0.25) is 0 Å². The van der Waals surface area contributed by atoms with Crippen molar-refractivity contribution < 1.29 is 19.4 Å². The molecular weight excluding hydrogens is 362 g/mol. The Hall–Kier alpha value is -3.12. The van der Waals surface area contributed by atoms with Gasteiger partial charge in [-0.15, -0.1) is 0 Å². The fraction of sp³-hybridized carbons (Fsp3) is 0.143. The number of nitrogens with one attached hydrogen (secondary N) is 1. The lowest BCUT2D eigenvalue weighted by molar-refractivity contribution is -0.139. The van der Waals surface area contributed by atoms with Crippen LogP contribution in [-0.2, 0) is 9.53 Å². The van der Waals surface area contributed by atoms with Crippen molar-refractivity contribution in [1.82, 2.24) is 5.32 Å². The van der Waals surface area contributed by atoms with Gasteiger partial charge in [0.2, 0.25) is 0 Å². The van der Waals surface area contributed by atoms with Gasteiger partial charge in [0.25, 0.3) is 0 Å². The summed E-state index contributed by atoms with van der Waals surface area (Å²) in [4.78, 5) is 23.7. The molecule has 136 valence electrons. The Morgan fingerprint density at radius 1 is 1.04 bits per heavy atom. The number of rotatable bonds is 5. The fourth-order valence-electron chi connectivity index (χ4n) is 3.48. The van der Waals surface area contributed by atoms with E-state index in [1.807, 2.05) is 36.4 Å². The van der Waals surface area contributed by atoms with E-state index in [0.29, 0.717) is 5.56 Å². The Morgan fingerprint density at radius 2 is 1.67 bits per heavy atom. The summed E-state index contributed by atoms with van der Waals surface area (Å²) in [5, 5.41) is 15.3. The first-order valence-electron chi connectivity index (χ1n) is 8.51. The molecule has 0 radical (unpaired) electrons. The smallest absolute Gasteiger partial charge is 0.408 e. The Kier molecular flexibility index (Phi) is 4.64. The van der Waals surface area contributed by atoms with Crippen LogP contribution in [0, 0.1) is 0 Å². The predicted molar refractivity (Wildman–Crippen MR) is 103 cm³/mol. The lowest BCUT2D eigenvalue weighted by atomic mass is 9.98. The molecule has 0 spiro atoms. The molecule has 27 heavy (non-hydrogen) atoms. The molecule has 0 aliphatic heterocycles. The Labute approximate surface area is 160 Å². The number of alkyl carbamates (subject to hydrolysis) is 1. The largest absolute Gasteiger partial charge is 0.479 e. The second-order valence-electron chi connectivity index (χ2n) is 6.30. The van der Waals surface area contributed by atoms with E-state index in [0.717, 1.165) is 22.3 Å². The zero-order valence-electron chi connectivity index (χ0n) is 14.3. The van der Waals surface area contributed by atoms with E-state index in [9.17, 15) is 14.7 Å². The molecule has 6 heteroatoms. The van der Waals surface area contributed by atoms with Crippen molar-refractivity contribution in [3.05, 3.63) is 82.0 Å². The Balaban J connectivity index is 1.49. The van der Waals surface area contributed by atoms with Crippen molar-refractivity contribution in [2.75, 3.05) is 6.61 Å². The van der Waals surface area contributed by atoms with Crippen LogP contribution in [0.2, 0.25) is 0 Å². The number of carboxylic acid groups (broad SMARTS) is 1. The van der Waals surface area contributed by atoms with E-state index in [2.05, 4.69) is 17.4 Å². The van der Waals surface area contributed by atoms with Crippen LogP contribution in [-0.4, -0.2) is 23.8 Å². The lowest BCUT2D eigenvalue weighted by Gasteiger charge is -2.17. The average Bonchev–Trinajstić information content (AvgIpc) is 3.31. The molecule has 5 nitrogen and oxygen atoms in total. The van der Waals surface area contributed by atoms with E-state index < -0.39 is 18.1 Å². The van der Waals surface area contributed by atoms with Crippen LogP contribution in [0.1, 0.15) is 28.7 Å². The lowest BCUT2D eigenvalue weighted by Crippen LogP contribution is -2.34. The zero-order chi connectivity index (χ0) is 18.8. The minimum atomic E-state index is -1.12. The van der Waals surface area contributed by atoms with Gasteiger partial charge in [-0.05, 0) is 44.6 Å². The summed E-state index contributed by atoms with van der Waals surface area (Å²) in [6.45, 7) is 0.149. The highest BCUT2D eigenvalue weighted by atomic mass is 32.1. The number of fused-ring (bicyclic) bond motifs is 3. The highest BCUT2D eigenvalue weighted by molar-refractivity contribution is 7.08. The third-order valence-corrected chi connectivity index (χ3v) is 5.43. The molecule has 1 atom stereocenters. The van der Waals surface area contributed by atoms with Crippen LogP contribution in [0.15, 0.2) is 65.4 Å². The van der Waals surface area contributed by atoms with E-state index in [4.69, 9.17) is 4.74 Å². The number of benzene rings is 2. The highest BCUT2D eigenvalue weighted by Gasteiger charge is 2.30. The summed E-state index contributed by atoms with van der Waals surface area (Å²) in [6.07, 6.45) is -0.740. The van der Waals surface area contributed by atoms with Crippen LogP contribution in [0.4, 0.5) is 4.79 Å². The van der Waals surface area contributed by atoms with Gasteiger partial charge in [-0.1, -0.05) is 48.5 Å². The quantitative estimate of drug-likeness (QED) is 0.688. The minimum absolute atomic E-state index is 0.0624. The third-order valence-electron chi connectivity index (χ3n) is 4.73. The number of amides is 1. The number of thiophene rings is 1. The number of ether oxygens (including phenoxy) is 1. The first kappa shape index (κ1) is 17.3. The van der Waals surface area contributed by atoms with Crippen LogP contribution in [0.5, 0.6) is 0 Å². The topological polar surface area (TPSA) is 75.6 Å². The minimum Gasteiger partial charge on any atom is -0.479 e. The van der Waals surface area contributed by atoms with Crippen LogP contribution in [0.3, 0.4) is 0 Å². The molecule has 3 aromatic rings. The normalized spacial score (nSPS) is 13.5. The van der Waals surface area contributed by atoms with Crippen molar-refractivity contribution >= 4 is 23.4 Å². The molecule has 0 fully saturated rings. The SMILES string of the molecule is O=C(N[C@H](C(=O)O)c1ccsc1)OCC1c2ccccc2-c2ccccc21. The second-order valence-corrected chi connectivity index (χ2v) is 7.08. The molecule has 0 saturated carbocycles. The third kappa shape index (κ3) is 3.31. The number of carbonyl (C=O) groups excluding carboxylic acids is 1. The molecule has 1 heterocycles. The van der Waals surface area contributed by atoms with Crippen LogP contribution < -0.4 is 5.32 Å². The first-order chi connectivity index (χ1) is 13.1. The zero-order valence-corrected chi connectivity index (χ0v) is 15.1. The summed E-state index contributed by atoms with van der Waals surface area (Å²) in [6, 6.07) is 16.7. The molecule has 2 aromatic carbocycles. The molecule has 0 bridgehead atoms. The molecule has 0 unspecified atom stereocenters. The molecule has 1 amide bonds. The van der Waals surface area contributed by atoms with Crippen molar-refractivity contribution in [2.45, 2.75) is 12.0 Å². The number of carboxylic acids is 1. The van der Waals surface area contributed by atoms with Gasteiger partial charge < -0.3 is 15.2 Å². The molecule has 4 rings (SSSR count). The van der Waals surface area contributed by atoms with Gasteiger partial charge in [-0.2, -0.15) is 11.3 Å². The van der Waals surface area contributed by atoms with Crippen LogP contribution >= 0.6 is 11.3 Å². The summed E-state index contributed by atoms with van der Waals surface area (Å²) in [7, 11) is 0. The summed E-state index contributed by atoms with van der Waals surface area (Å²) in [5.74, 6) is -1.19. The van der Waals surface area contributed by atoms with Gasteiger partial charge >= 0.3 is 12.1 Å². The standard InChI is InChI=1S/C21H17NO4S/c23-20(24)19(13-9-10-27-12-13)22-21(25)26-11-18-16-7-3-1-5-14(16)15-6-2-4-8-17(15)18/h1-10,12,18-19H,11H2,(H,22,25)(H,23,24)/t19-/m0/s1. The molecule has 1 aromatic heterocycles. The van der Waals surface area contributed by atoms with Crippen molar-refractivity contribution in [3.63, 3.8) is 0 Å². The van der Waals surface area contributed by atoms with Gasteiger partial charge in [-0.25, -0.2) is 9.59 Å². The summed E-state index contributed by atoms with van der Waals surface area (Å²) < 4.78 is 5.41. The summed E-state index contributed by atoms with van der Waals surface area (Å²) in [5.41, 5.74) is 5.03. The predicted octanol–water partition coefficient (Wildman–Crippen LogP) is 4.41. The van der Waals surface area contributed by atoms with E-state index >= 15 is 0 Å². The maximum atomic E-state index is 12.2. The first-order valence-corrected chi connectivity index (χ1v) is 9.46. The Bertz CT molecular complexity index is 938. The van der Waals surface area contributed by atoms with Gasteiger partial charge in [0.05, 0.1) is 0 Å². The molecule has 2 N–H and O–H groups in total. The fourth-order valence-corrected chi connectivity index (χ4v) is 4.17. The van der Waals surface area contributed by atoms with Crippen molar-refractivity contribution in [3.8, 4) is 11.1 Å². The summed E-state index contributed by atoms with van der Waals surface area (Å²) >= 11 is 1.38. The number of hydrogen-bond donors (Lipinski definition) is 2. The number of hydrogen-bond acceptors (Lipinski definition) is 4. The highest BCUT2D eigenvalue weighted by Crippen LogP contribution is 2.44. The van der Waals surface area contributed by atoms with Gasteiger partial charge in [0, 0.05) is 5.92 Å². The van der Waals surface area contributed by atoms with E-state index in [1.165, 1.54) is 11.3 Å². The maximum absolute atomic E-state index is 12.2. The number of carbonyl (C=O) groups is 2. The molecule has 1 aliphatic carbocycles. The Morgan fingerprint density at radius 3 is 2.22 bits per heavy atom. The maximum Gasteiger partial charge on any atom is 0.408 e. The molecule has 1 aliphatic rings. The number of aliphatic carboxylic acids is 1. The molecular formula is C21H17NO4S. The van der Waals surface area contributed by atoms with E-state index in [-0.39, 0.29) is 12.5 Å². The average molecular weight is 379 g/mol. The second kappa shape index (κ2) is 7.25. The van der Waals surface area contributed by atoms with E-state index in [1.54, 1.807) is 16.8 Å².